The fraction of sp³-hybridized carbons (Fsp3) is 0.471. The van der Waals surface area contributed by atoms with Crippen LogP contribution in [0.25, 0.3) is 0 Å². The van der Waals surface area contributed by atoms with Crippen molar-refractivity contribution in [2.45, 2.75) is 44.8 Å². The van der Waals surface area contributed by atoms with E-state index in [9.17, 15) is 0 Å². The standard InChI is InChI=1S/C17H24FN3/c1-3-16(4-2)21-11-10-15(20-21)12-17(18,13-19)14-8-6-5-7-9-14/h5-11,16H,3-4,12-13,19H2,1-2H3. The molecule has 2 N–H and O–H groups in total. The van der Waals surface area contributed by atoms with Crippen LogP contribution in [-0.4, -0.2) is 16.3 Å². The van der Waals surface area contributed by atoms with E-state index in [-0.39, 0.29) is 13.0 Å². The fourth-order valence-corrected chi connectivity index (χ4v) is 2.65. The van der Waals surface area contributed by atoms with Crippen LogP contribution in [0.15, 0.2) is 42.6 Å². The molecule has 114 valence electrons. The molecule has 0 amide bonds. The second-order valence-electron chi connectivity index (χ2n) is 5.47. The van der Waals surface area contributed by atoms with Crippen molar-refractivity contribution in [3.8, 4) is 0 Å². The predicted octanol–water partition coefficient (Wildman–Crippen LogP) is 3.61. The zero-order valence-electron chi connectivity index (χ0n) is 12.8. The Morgan fingerprint density at radius 3 is 2.43 bits per heavy atom. The van der Waals surface area contributed by atoms with Gasteiger partial charge in [0.25, 0.3) is 0 Å². The number of hydrogen-bond donors (Lipinski definition) is 1. The number of benzene rings is 1. The molecule has 0 saturated heterocycles. The van der Waals surface area contributed by atoms with Gasteiger partial charge in [0.15, 0.2) is 5.67 Å². The highest BCUT2D eigenvalue weighted by Crippen LogP contribution is 2.29. The zero-order chi connectivity index (χ0) is 15.3. The Morgan fingerprint density at radius 2 is 1.86 bits per heavy atom. The van der Waals surface area contributed by atoms with Crippen LogP contribution in [0.5, 0.6) is 0 Å². The molecule has 1 unspecified atom stereocenters. The van der Waals surface area contributed by atoms with E-state index in [1.165, 1.54) is 0 Å². The van der Waals surface area contributed by atoms with Gasteiger partial charge >= 0.3 is 0 Å². The molecule has 2 aromatic rings. The minimum Gasteiger partial charge on any atom is -0.327 e. The monoisotopic (exact) mass is 289 g/mol. The average Bonchev–Trinajstić information content (AvgIpc) is 2.97. The number of rotatable bonds is 7. The largest absolute Gasteiger partial charge is 0.327 e. The molecule has 3 nitrogen and oxygen atoms in total. The molecule has 4 heteroatoms. The topological polar surface area (TPSA) is 43.8 Å². The second-order valence-corrected chi connectivity index (χ2v) is 5.47. The summed E-state index contributed by atoms with van der Waals surface area (Å²) in [5.41, 5.74) is 5.50. The minimum absolute atomic E-state index is 0.0468. The van der Waals surface area contributed by atoms with E-state index in [0.717, 1.165) is 18.5 Å². The molecule has 21 heavy (non-hydrogen) atoms. The summed E-state index contributed by atoms with van der Waals surface area (Å²) < 4.78 is 17.1. The quantitative estimate of drug-likeness (QED) is 0.846. The number of aromatic nitrogens is 2. The van der Waals surface area contributed by atoms with Crippen LogP contribution in [0.1, 0.15) is 44.0 Å². The van der Waals surface area contributed by atoms with Crippen molar-refractivity contribution in [3.63, 3.8) is 0 Å². The van der Waals surface area contributed by atoms with Crippen LogP contribution < -0.4 is 5.73 Å². The molecule has 0 radical (unpaired) electrons. The van der Waals surface area contributed by atoms with Gasteiger partial charge in [-0.25, -0.2) is 4.39 Å². The lowest BCUT2D eigenvalue weighted by molar-refractivity contribution is 0.173. The molecular formula is C17H24FN3. The summed E-state index contributed by atoms with van der Waals surface area (Å²) in [6.45, 7) is 4.23. The van der Waals surface area contributed by atoms with Crippen LogP contribution in [0.4, 0.5) is 4.39 Å². The molecular weight excluding hydrogens is 265 g/mol. The average molecular weight is 289 g/mol. The molecule has 0 bridgehead atoms. The van der Waals surface area contributed by atoms with E-state index in [2.05, 4.69) is 18.9 Å². The van der Waals surface area contributed by atoms with Gasteiger partial charge in [-0.2, -0.15) is 5.10 Å². The van der Waals surface area contributed by atoms with E-state index in [0.29, 0.717) is 11.6 Å². The van der Waals surface area contributed by atoms with Crippen molar-refractivity contribution in [2.75, 3.05) is 6.54 Å². The van der Waals surface area contributed by atoms with Crippen LogP contribution in [-0.2, 0) is 12.1 Å². The van der Waals surface area contributed by atoms with Gasteiger partial charge < -0.3 is 5.73 Å². The first kappa shape index (κ1) is 15.7. The van der Waals surface area contributed by atoms with Crippen molar-refractivity contribution < 1.29 is 4.39 Å². The van der Waals surface area contributed by atoms with Crippen molar-refractivity contribution in [1.29, 1.82) is 0 Å². The van der Waals surface area contributed by atoms with Gasteiger partial charge in [-0.05, 0) is 24.5 Å². The first-order chi connectivity index (χ1) is 10.1. The van der Waals surface area contributed by atoms with Gasteiger partial charge in [0.1, 0.15) is 0 Å². The van der Waals surface area contributed by atoms with Crippen molar-refractivity contribution in [1.82, 2.24) is 9.78 Å². The Balaban J connectivity index is 2.19. The minimum atomic E-state index is -1.56. The molecule has 1 aromatic carbocycles. The van der Waals surface area contributed by atoms with Gasteiger partial charge in [-0.1, -0.05) is 44.2 Å². The summed E-state index contributed by atoms with van der Waals surface area (Å²) in [4.78, 5) is 0. The third-order valence-electron chi connectivity index (χ3n) is 4.06. The molecule has 0 saturated carbocycles. The molecule has 1 aromatic heterocycles. The molecule has 0 spiro atoms. The SMILES string of the molecule is CCC(CC)n1ccc(CC(F)(CN)c2ccccc2)n1. The van der Waals surface area contributed by atoms with Gasteiger partial charge in [-0.15, -0.1) is 0 Å². The maximum Gasteiger partial charge on any atom is 0.153 e. The fourth-order valence-electron chi connectivity index (χ4n) is 2.65. The maximum absolute atomic E-state index is 15.1. The zero-order valence-corrected chi connectivity index (χ0v) is 12.8. The number of nitrogens with two attached hydrogens (primary N) is 1. The highest BCUT2D eigenvalue weighted by atomic mass is 19.1. The summed E-state index contributed by atoms with van der Waals surface area (Å²) in [7, 11) is 0. The number of hydrogen-bond acceptors (Lipinski definition) is 2. The molecule has 0 aliphatic heterocycles. The van der Waals surface area contributed by atoms with Gasteiger partial charge in [-0.3, -0.25) is 4.68 Å². The maximum atomic E-state index is 15.1. The molecule has 0 aliphatic carbocycles. The Bertz CT molecular complexity index is 548. The van der Waals surface area contributed by atoms with Gasteiger partial charge in [0.05, 0.1) is 11.7 Å². The molecule has 0 fully saturated rings. The Labute approximate surface area is 126 Å². The van der Waals surface area contributed by atoms with E-state index >= 15 is 4.39 Å². The summed E-state index contributed by atoms with van der Waals surface area (Å²) >= 11 is 0. The summed E-state index contributed by atoms with van der Waals surface area (Å²) in [5, 5.41) is 4.53. The van der Waals surface area contributed by atoms with Gasteiger partial charge in [0.2, 0.25) is 0 Å². The first-order valence-corrected chi connectivity index (χ1v) is 7.61. The van der Waals surface area contributed by atoms with Crippen LogP contribution in [0.2, 0.25) is 0 Å². The van der Waals surface area contributed by atoms with E-state index < -0.39 is 5.67 Å². The van der Waals surface area contributed by atoms with Gasteiger partial charge in [0, 0.05) is 19.2 Å². The number of alkyl halides is 1. The lowest BCUT2D eigenvalue weighted by atomic mass is 9.91. The normalized spacial score (nSPS) is 14.3. The lowest BCUT2D eigenvalue weighted by Crippen LogP contribution is -2.33. The lowest BCUT2D eigenvalue weighted by Gasteiger charge is -2.23. The van der Waals surface area contributed by atoms with Crippen molar-refractivity contribution in [2.24, 2.45) is 5.73 Å². The Kier molecular flexibility index (Phi) is 5.12. The molecule has 0 aliphatic rings. The van der Waals surface area contributed by atoms with Crippen LogP contribution in [0.3, 0.4) is 0 Å². The number of halogens is 1. The molecule has 2 rings (SSSR count). The third kappa shape index (κ3) is 3.50. The van der Waals surface area contributed by atoms with Crippen molar-refractivity contribution in [3.05, 3.63) is 53.9 Å². The third-order valence-corrected chi connectivity index (χ3v) is 4.06. The highest BCUT2D eigenvalue weighted by molar-refractivity contribution is 5.25. The summed E-state index contributed by atoms with van der Waals surface area (Å²) in [5.74, 6) is 0. The van der Waals surface area contributed by atoms with Crippen LogP contribution in [0, 0.1) is 0 Å². The second kappa shape index (κ2) is 6.85. The van der Waals surface area contributed by atoms with E-state index in [1.54, 1.807) is 12.1 Å². The predicted molar refractivity (Wildman–Crippen MR) is 83.8 cm³/mol. The van der Waals surface area contributed by atoms with Crippen LogP contribution >= 0.6 is 0 Å². The van der Waals surface area contributed by atoms with E-state index in [4.69, 9.17) is 5.73 Å². The highest BCUT2D eigenvalue weighted by Gasteiger charge is 2.31. The Morgan fingerprint density at radius 1 is 1.19 bits per heavy atom. The smallest absolute Gasteiger partial charge is 0.153 e. The Hall–Kier alpha value is -1.68. The number of nitrogens with zero attached hydrogens (tertiary/aromatic N) is 2. The molecule has 1 atom stereocenters. The van der Waals surface area contributed by atoms with Crippen molar-refractivity contribution >= 4 is 0 Å². The summed E-state index contributed by atoms with van der Waals surface area (Å²) in [6, 6.07) is 11.4. The van der Waals surface area contributed by atoms with E-state index in [1.807, 2.05) is 35.1 Å². The first-order valence-electron chi connectivity index (χ1n) is 7.61. The summed E-state index contributed by atoms with van der Waals surface area (Å²) in [6.07, 6.45) is 4.19. The molecule has 1 heterocycles.